The second-order valence-corrected chi connectivity index (χ2v) is 4.72. The van der Waals surface area contributed by atoms with Gasteiger partial charge in [-0.2, -0.15) is 0 Å². The molecule has 0 amide bonds. The molecule has 1 rings (SSSR count). The predicted molar refractivity (Wildman–Crippen MR) is 54.1 cm³/mol. The van der Waals surface area contributed by atoms with Gasteiger partial charge in [-0.25, -0.2) is 0 Å². The SMILES string of the molecule is C=CC(=O)C1=CSC(C)(C)C=C1. The van der Waals surface area contributed by atoms with Gasteiger partial charge in [-0.3, -0.25) is 4.79 Å². The molecule has 0 aromatic carbocycles. The Labute approximate surface area is 77.2 Å². The lowest BCUT2D eigenvalue weighted by Gasteiger charge is -2.20. The highest BCUT2D eigenvalue weighted by Crippen LogP contribution is 2.32. The van der Waals surface area contributed by atoms with Gasteiger partial charge in [0.05, 0.1) is 0 Å². The van der Waals surface area contributed by atoms with Gasteiger partial charge in [0.25, 0.3) is 0 Å². The molecule has 0 atom stereocenters. The summed E-state index contributed by atoms with van der Waals surface area (Å²) >= 11 is 1.65. The lowest BCUT2D eigenvalue weighted by Crippen LogP contribution is -2.12. The number of hydrogen-bond donors (Lipinski definition) is 0. The minimum absolute atomic E-state index is 0.00532. The van der Waals surface area contributed by atoms with E-state index in [0.29, 0.717) is 0 Å². The van der Waals surface area contributed by atoms with Gasteiger partial charge in [0.1, 0.15) is 0 Å². The summed E-state index contributed by atoms with van der Waals surface area (Å²) in [5.41, 5.74) is 0.731. The number of hydrogen-bond acceptors (Lipinski definition) is 2. The van der Waals surface area contributed by atoms with Gasteiger partial charge in [-0.1, -0.05) is 18.7 Å². The molecule has 0 saturated carbocycles. The maximum Gasteiger partial charge on any atom is 0.185 e. The minimum Gasteiger partial charge on any atom is -0.289 e. The molecule has 64 valence electrons. The third-order valence-electron chi connectivity index (χ3n) is 1.62. The second kappa shape index (κ2) is 3.31. The highest BCUT2D eigenvalue weighted by atomic mass is 32.2. The van der Waals surface area contributed by atoms with Crippen molar-refractivity contribution in [3.8, 4) is 0 Å². The average Bonchev–Trinajstić information content (AvgIpc) is 2.03. The van der Waals surface area contributed by atoms with Crippen molar-refractivity contribution in [1.29, 1.82) is 0 Å². The van der Waals surface area contributed by atoms with E-state index in [1.165, 1.54) is 6.08 Å². The van der Waals surface area contributed by atoms with E-state index in [9.17, 15) is 4.79 Å². The Morgan fingerprint density at radius 2 is 2.33 bits per heavy atom. The van der Waals surface area contributed by atoms with Crippen molar-refractivity contribution >= 4 is 17.5 Å². The topological polar surface area (TPSA) is 17.1 Å². The third-order valence-corrected chi connectivity index (χ3v) is 2.74. The van der Waals surface area contributed by atoms with Crippen LogP contribution in [-0.2, 0) is 4.79 Å². The first-order valence-electron chi connectivity index (χ1n) is 3.79. The summed E-state index contributed by atoms with van der Waals surface area (Å²) in [6, 6.07) is 0. The van der Waals surface area contributed by atoms with E-state index in [2.05, 4.69) is 20.4 Å². The fourth-order valence-corrected chi connectivity index (χ4v) is 1.61. The molecule has 0 fully saturated rings. The van der Waals surface area contributed by atoms with Gasteiger partial charge in [0.2, 0.25) is 0 Å². The number of ketones is 1. The van der Waals surface area contributed by atoms with Crippen molar-refractivity contribution in [2.24, 2.45) is 0 Å². The third kappa shape index (κ3) is 2.11. The summed E-state index contributed by atoms with van der Waals surface area (Å²) in [7, 11) is 0. The van der Waals surface area contributed by atoms with Crippen LogP contribution in [0.5, 0.6) is 0 Å². The molecule has 0 bridgehead atoms. The molecule has 0 radical (unpaired) electrons. The molecule has 1 aliphatic rings. The number of thioether (sulfide) groups is 1. The molecule has 12 heavy (non-hydrogen) atoms. The summed E-state index contributed by atoms with van der Waals surface area (Å²) in [5, 5.41) is 1.89. The van der Waals surface area contributed by atoms with E-state index in [0.717, 1.165) is 5.57 Å². The lowest BCUT2D eigenvalue weighted by atomic mass is 10.1. The maximum absolute atomic E-state index is 11.1. The van der Waals surface area contributed by atoms with E-state index < -0.39 is 0 Å². The normalized spacial score (nSPS) is 20.0. The highest BCUT2D eigenvalue weighted by Gasteiger charge is 2.18. The molecular formula is C10H12OS. The first-order valence-corrected chi connectivity index (χ1v) is 4.67. The Bertz CT molecular complexity index is 272. The van der Waals surface area contributed by atoms with Gasteiger partial charge < -0.3 is 0 Å². The maximum atomic E-state index is 11.1. The molecule has 0 aromatic heterocycles. The van der Waals surface area contributed by atoms with Gasteiger partial charge in [0.15, 0.2) is 5.78 Å². The van der Waals surface area contributed by atoms with Crippen LogP contribution in [0.3, 0.4) is 0 Å². The zero-order valence-electron chi connectivity index (χ0n) is 7.33. The second-order valence-electron chi connectivity index (χ2n) is 3.20. The predicted octanol–water partition coefficient (Wildman–Crippen LogP) is 2.71. The van der Waals surface area contributed by atoms with Crippen LogP contribution in [0, 0.1) is 0 Å². The van der Waals surface area contributed by atoms with Gasteiger partial charge in [-0.15, -0.1) is 11.8 Å². The van der Waals surface area contributed by atoms with Crippen LogP contribution in [0.1, 0.15) is 13.8 Å². The molecule has 0 spiro atoms. The van der Waals surface area contributed by atoms with Crippen molar-refractivity contribution < 1.29 is 4.79 Å². The van der Waals surface area contributed by atoms with Crippen LogP contribution in [0.25, 0.3) is 0 Å². The Kier molecular flexibility index (Phi) is 2.58. The standard InChI is InChI=1S/C10H12OS/c1-4-9(11)8-5-6-10(2,3)12-7-8/h4-7H,1H2,2-3H3. The van der Waals surface area contributed by atoms with E-state index in [4.69, 9.17) is 0 Å². The molecule has 2 heteroatoms. The van der Waals surface area contributed by atoms with Crippen LogP contribution in [0.15, 0.2) is 35.8 Å². The highest BCUT2D eigenvalue weighted by molar-refractivity contribution is 8.03. The van der Waals surface area contributed by atoms with Crippen molar-refractivity contribution in [2.75, 3.05) is 0 Å². The number of allylic oxidation sites excluding steroid dienone is 3. The van der Waals surface area contributed by atoms with E-state index >= 15 is 0 Å². The van der Waals surface area contributed by atoms with Gasteiger partial charge >= 0.3 is 0 Å². The van der Waals surface area contributed by atoms with Crippen molar-refractivity contribution in [2.45, 2.75) is 18.6 Å². The number of carbonyl (C=O) groups excluding carboxylic acids is 1. The zero-order valence-corrected chi connectivity index (χ0v) is 8.15. The van der Waals surface area contributed by atoms with E-state index in [1.54, 1.807) is 11.8 Å². The molecule has 0 aromatic rings. The van der Waals surface area contributed by atoms with Gasteiger partial charge in [-0.05, 0) is 25.3 Å². The van der Waals surface area contributed by atoms with E-state index in [1.807, 2.05) is 17.6 Å². The Morgan fingerprint density at radius 3 is 2.75 bits per heavy atom. The number of carbonyl (C=O) groups is 1. The Balaban J connectivity index is 2.77. The summed E-state index contributed by atoms with van der Waals surface area (Å²) in [5.74, 6) is -0.00532. The van der Waals surface area contributed by atoms with E-state index in [-0.39, 0.29) is 10.5 Å². The Hall–Kier alpha value is -0.760. The lowest BCUT2D eigenvalue weighted by molar-refractivity contribution is -0.111. The summed E-state index contributed by atoms with van der Waals surface area (Å²) in [6.07, 6.45) is 5.24. The zero-order chi connectivity index (χ0) is 9.19. The van der Waals surface area contributed by atoms with Crippen molar-refractivity contribution in [3.63, 3.8) is 0 Å². The average molecular weight is 180 g/mol. The van der Waals surface area contributed by atoms with Crippen molar-refractivity contribution in [3.05, 3.63) is 35.8 Å². The molecule has 1 heterocycles. The van der Waals surface area contributed by atoms with Crippen LogP contribution in [0.4, 0.5) is 0 Å². The molecule has 0 saturated heterocycles. The first-order chi connectivity index (χ1) is 5.55. The first kappa shape index (κ1) is 9.33. The van der Waals surface area contributed by atoms with Crippen LogP contribution in [-0.4, -0.2) is 10.5 Å². The van der Waals surface area contributed by atoms with Crippen molar-refractivity contribution in [1.82, 2.24) is 0 Å². The summed E-state index contributed by atoms with van der Waals surface area (Å²) < 4.78 is 0.116. The Morgan fingerprint density at radius 1 is 1.67 bits per heavy atom. The molecular weight excluding hydrogens is 168 g/mol. The van der Waals surface area contributed by atoms with Crippen LogP contribution in [0.2, 0.25) is 0 Å². The monoisotopic (exact) mass is 180 g/mol. The fourth-order valence-electron chi connectivity index (χ4n) is 0.842. The molecule has 1 nitrogen and oxygen atoms in total. The summed E-state index contributed by atoms with van der Waals surface area (Å²) in [6.45, 7) is 7.66. The minimum atomic E-state index is -0.00532. The number of rotatable bonds is 2. The molecule has 0 aliphatic carbocycles. The van der Waals surface area contributed by atoms with Crippen LogP contribution >= 0.6 is 11.8 Å². The largest absolute Gasteiger partial charge is 0.289 e. The smallest absolute Gasteiger partial charge is 0.185 e. The molecule has 1 aliphatic heterocycles. The summed E-state index contributed by atoms with van der Waals surface area (Å²) in [4.78, 5) is 11.1. The fraction of sp³-hybridized carbons (Fsp3) is 0.300. The van der Waals surface area contributed by atoms with Gasteiger partial charge in [0, 0.05) is 10.3 Å². The molecule has 0 N–H and O–H groups in total. The van der Waals surface area contributed by atoms with Crippen LogP contribution < -0.4 is 0 Å². The molecule has 0 unspecified atom stereocenters. The quantitative estimate of drug-likeness (QED) is 0.608.